The van der Waals surface area contributed by atoms with Crippen molar-refractivity contribution in [2.75, 3.05) is 63.4 Å². The predicted octanol–water partition coefficient (Wildman–Crippen LogP) is 3.83. The van der Waals surface area contributed by atoms with Gasteiger partial charge in [-0.1, -0.05) is 6.07 Å². The first kappa shape index (κ1) is 28.7. The molecule has 1 aromatic carbocycles. The average molecular weight is 575 g/mol. The molecule has 4 heterocycles. The summed E-state index contributed by atoms with van der Waals surface area (Å²) in [6, 6.07) is 5.08. The predicted molar refractivity (Wildman–Crippen MR) is 148 cm³/mol. The van der Waals surface area contributed by atoms with Crippen LogP contribution in [0.4, 0.5) is 25.5 Å². The van der Waals surface area contributed by atoms with Crippen LogP contribution < -0.4 is 14.5 Å². The molecule has 2 aliphatic heterocycles. The van der Waals surface area contributed by atoms with E-state index in [-0.39, 0.29) is 18.1 Å². The summed E-state index contributed by atoms with van der Waals surface area (Å²) in [5.41, 5.74) is 0.127. The number of piperidine rings is 1. The molecule has 5 rings (SSSR count). The van der Waals surface area contributed by atoms with Crippen molar-refractivity contribution < 1.29 is 27.8 Å². The van der Waals surface area contributed by atoms with Crippen molar-refractivity contribution in [1.29, 1.82) is 0 Å². The second-order valence-corrected chi connectivity index (χ2v) is 11.1. The number of carbonyl (C=O) groups is 1. The van der Waals surface area contributed by atoms with Crippen LogP contribution in [0.5, 0.6) is 5.75 Å². The average Bonchev–Trinajstić information content (AvgIpc) is 3.37. The highest BCUT2D eigenvalue weighted by atomic mass is 19.3. The summed E-state index contributed by atoms with van der Waals surface area (Å²) in [7, 11) is 3.34. The number of aromatic nitrogens is 5. The number of methoxy groups -OCH3 is 1. The minimum atomic E-state index is -2.88. The van der Waals surface area contributed by atoms with Gasteiger partial charge in [-0.25, -0.2) is 18.6 Å². The molecule has 0 atom stereocenters. The summed E-state index contributed by atoms with van der Waals surface area (Å²) in [6.45, 7) is 8.67. The Morgan fingerprint density at radius 1 is 1.05 bits per heavy atom. The number of halogens is 2. The molecule has 2 aliphatic rings. The Morgan fingerprint density at radius 3 is 2.37 bits per heavy atom. The summed E-state index contributed by atoms with van der Waals surface area (Å²) in [4.78, 5) is 36.4. The molecule has 0 bridgehead atoms. The third-order valence-electron chi connectivity index (χ3n) is 7.16. The fraction of sp³-hybridized carbons (Fsp3) is 0.593. The van der Waals surface area contributed by atoms with Crippen LogP contribution >= 0.6 is 0 Å². The van der Waals surface area contributed by atoms with Gasteiger partial charge in [0.15, 0.2) is 5.82 Å². The summed E-state index contributed by atoms with van der Waals surface area (Å²) in [5, 5.41) is 0. The van der Waals surface area contributed by atoms with E-state index in [4.69, 9.17) is 19.2 Å². The lowest BCUT2D eigenvalue weighted by molar-refractivity contribution is 0.0205. The molecule has 3 aromatic rings. The molecule has 1 amide bonds. The summed E-state index contributed by atoms with van der Waals surface area (Å²) >= 11 is 0. The maximum atomic E-state index is 14.3. The van der Waals surface area contributed by atoms with Crippen LogP contribution in [0.3, 0.4) is 0 Å². The van der Waals surface area contributed by atoms with Crippen molar-refractivity contribution in [1.82, 2.24) is 29.4 Å². The lowest BCUT2D eigenvalue weighted by atomic mass is 10.0. The number of benzene rings is 1. The first-order chi connectivity index (χ1) is 19.6. The maximum Gasteiger partial charge on any atom is 0.410 e. The van der Waals surface area contributed by atoms with E-state index in [1.54, 1.807) is 23.1 Å². The number of rotatable bonds is 6. The molecule has 0 spiro atoms. The van der Waals surface area contributed by atoms with Crippen molar-refractivity contribution in [3.8, 4) is 11.7 Å². The molecule has 41 heavy (non-hydrogen) atoms. The van der Waals surface area contributed by atoms with Crippen LogP contribution in [0.15, 0.2) is 18.2 Å². The minimum Gasteiger partial charge on any atom is -0.494 e. The molecule has 0 unspecified atom stereocenters. The third kappa shape index (κ3) is 6.11. The molecular weight excluding hydrogens is 538 g/mol. The number of anilines is 2. The number of para-hydroxylation sites is 1. The highest BCUT2D eigenvalue weighted by molar-refractivity contribution is 5.84. The van der Waals surface area contributed by atoms with Crippen molar-refractivity contribution in [2.45, 2.75) is 51.7 Å². The molecule has 2 saturated heterocycles. The molecule has 2 fully saturated rings. The van der Waals surface area contributed by atoms with Gasteiger partial charge < -0.3 is 28.9 Å². The van der Waals surface area contributed by atoms with E-state index in [1.165, 1.54) is 11.7 Å². The number of likely N-dealkylation sites (tertiary alicyclic amines) is 1. The fourth-order valence-electron chi connectivity index (χ4n) is 5.04. The zero-order valence-corrected chi connectivity index (χ0v) is 24.0. The molecular formula is C27H36F2N8O4. The summed E-state index contributed by atoms with van der Waals surface area (Å²) < 4.78 is 46.3. The number of fused-ring (bicyclic) bond motifs is 1. The second kappa shape index (κ2) is 11.6. The van der Waals surface area contributed by atoms with Crippen molar-refractivity contribution in [3.63, 3.8) is 0 Å². The van der Waals surface area contributed by atoms with E-state index in [1.807, 2.05) is 37.6 Å². The van der Waals surface area contributed by atoms with Crippen molar-refractivity contribution >= 4 is 29.0 Å². The van der Waals surface area contributed by atoms with E-state index in [0.717, 1.165) is 0 Å². The van der Waals surface area contributed by atoms with E-state index < -0.39 is 17.9 Å². The quantitative estimate of drug-likeness (QED) is 0.431. The van der Waals surface area contributed by atoms with Crippen molar-refractivity contribution in [3.05, 3.63) is 24.0 Å². The van der Waals surface area contributed by atoms with E-state index in [9.17, 15) is 13.6 Å². The van der Waals surface area contributed by atoms with Gasteiger partial charge in [-0.15, -0.1) is 0 Å². The number of alkyl halides is 2. The fourth-order valence-corrected chi connectivity index (χ4v) is 5.04. The number of nitrogens with zero attached hydrogens (tertiary/aromatic N) is 8. The van der Waals surface area contributed by atoms with Gasteiger partial charge in [0.25, 0.3) is 6.43 Å². The van der Waals surface area contributed by atoms with Crippen LogP contribution in [-0.2, 0) is 9.47 Å². The van der Waals surface area contributed by atoms with Gasteiger partial charge >= 0.3 is 6.09 Å². The van der Waals surface area contributed by atoms with Crippen LogP contribution in [-0.4, -0.2) is 101 Å². The Balaban J connectivity index is 1.51. The number of morpholine rings is 1. The smallest absolute Gasteiger partial charge is 0.410 e. The normalized spacial score (nSPS) is 16.9. The van der Waals surface area contributed by atoms with Gasteiger partial charge in [-0.05, 0) is 45.7 Å². The third-order valence-corrected chi connectivity index (χ3v) is 7.16. The lowest BCUT2D eigenvalue weighted by Gasteiger charge is -2.37. The highest BCUT2D eigenvalue weighted by Crippen LogP contribution is 2.33. The largest absolute Gasteiger partial charge is 0.494 e. The second-order valence-electron chi connectivity index (χ2n) is 11.1. The molecule has 2 aromatic heterocycles. The Morgan fingerprint density at radius 2 is 1.73 bits per heavy atom. The van der Waals surface area contributed by atoms with E-state index >= 15 is 0 Å². The first-order valence-corrected chi connectivity index (χ1v) is 13.7. The molecule has 222 valence electrons. The standard InChI is InChI=1S/C27H36F2N8O4/c1-27(2,3)41-26(38)36-11-9-17(10-12-36)34(4)23-31-24(35-13-15-40-16-14-35)33-25(32-23)37-18-7-6-8-19(39-5)20(18)30-22(37)21(28)29/h6-8,17,21H,9-16H2,1-5H3. The summed E-state index contributed by atoms with van der Waals surface area (Å²) in [6.07, 6.45) is -1.89. The Hall–Kier alpha value is -3.81. The molecule has 0 saturated carbocycles. The maximum absolute atomic E-state index is 14.3. The number of imidazole rings is 1. The summed E-state index contributed by atoms with van der Waals surface area (Å²) in [5.74, 6) is 0.650. The van der Waals surface area contributed by atoms with Crippen molar-refractivity contribution in [2.24, 2.45) is 0 Å². The Bertz CT molecular complexity index is 1380. The number of ether oxygens (including phenoxy) is 3. The highest BCUT2D eigenvalue weighted by Gasteiger charge is 2.31. The van der Waals surface area contributed by atoms with E-state index in [2.05, 4.69) is 15.0 Å². The zero-order chi connectivity index (χ0) is 29.3. The van der Waals surface area contributed by atoms with E-state index in [0.29, 0.717) is 80.9 Å². The molecule has 0 aliphatic carbocycles. The van der Waals surface area contributed by atoms with Gasteiger partial charge in [-0.3, -0.25) is 4.57 Å². The Labute approximate surface area is 237 Å². The number of hydrogen-bond donors (Lipinski definition) is 0. The zero-order valence-electron chi connectivity index (χ0n) is 24.0. The molecule has 12 nitrogen and oxygen atoms in total. The van der Waals surface area contributed by atoms with Crippen LogP contribution in [0.1, 0.15) is 45.9 Å². The Kier molecular flexibility index (Phi) is 8.11. The van der Waals surface area contributed by atoms with Crippen LogP contribution in [0.25, 0.3) is 17.0 Å². The SMILES string of the molecule is COc1cccc2c1nc(C(F)F)n2-c1nc(N2CCOCC2)nc(N(C)C2CCN(C(=O)OC(C)(C)C)CC2)n1. The monoisotopic (exact) mass is 574 g/mol. The van der Waals surface area contributed by atoms with Gasteiger partial charge in [0.05, 0.1) is 25.8 Å². The number of amides is 1. The first-order valence-electron chi connectivity index (χ1n) is 13.7. The van der Waals surface area contributed by atoms with Gasteiger partial charge in [0.2, 0.25) is 17.8 Å². The lowest BCUT2D eigenvalue weighted by Crippen LogP contribution is -2.47. The molecule has 14 heteroatoms. The van der Waals surface area contributed by atoms with Gasteiger partial charge in [0.1, 0.15) is 16.9 Å². The minimum absolute atomic E-state index is 0.00988. The van der Waals surface area contributed by atoms with Gasteiger partial charge in [0, 0.05) is 39.3 Å². The number of carbonyl (C=O) groups excluding carboxylic acids is 1. The molecule has 0 radical (unpaired) electrons. The molecule has 0 N–H and O–H groups in total. The van der Waals surface area contributed by atoms with Crippen LogP contribution in [0, 0.1) is 0 Å². The number of hydrogen-bond acceptors (Lipinski definition) is 10. The topological polar surface area (TPSA) is 111 Å². The van der Waals surface area contributed by atoms with Gasteiger partial charge in [-0.2, -0.15) is 15.0 Å². The van der Waals surface area contributed by atoms with Crippen LogP contribution in [0.2, 0.25) is 0 Å².